The molecule has 0 aromatic carbocycles. The Labute approximate surface area is 68.7 Å². The maximum absolute atomic E-state index is 11.1. The minimum Gasteiger partial charge on any atom is -0.462 e. The summed E-state index contributed by atoms with van der Waals surface area (Å²) in [5, 5.41) is 4.83. The predicted octanol–water partition coefficient (Wildman–Crippen LogP) is 0.188. The summed E-state index contributed by atoms with van der Waals surface area (Å²) in [6, 6.07) is 0. The van der Waals surface area contributed by atoms with Gasteiger partial charge in [0, 0.05) is 5.69 Å². The number of hydrogen-bond donors (Lipinski definition) is 2. The first-order valence-corrected chi connectivity index (χ1v) is 3.61. The van der Waals surface area contributed by atoms with E-state index in [0.29, 0.717) is 5.69 Å². The molecular weight excluding hydrogens is 160 g/mol. The van der Waals surface area contributed by atoms with Crippen molar-refractivity contribution in [3.63, 3.8) is 0 Å². The number of aromatic nitrogens is 2. The van der Waals surface area contributed by atoms with E-state index < -0.39 is 11.5 Å². The van der Waals surface area contributed by atoms with Gasteiger partial charge < -0.3 is 9.84 Å². The van der Waals surface area contributed by atoms with Crippen molar-refractivity contribution in [2.24, 2.45) is 0 Å². The van der Waals surface area contributed by atoms with Gasteiger partial charge in [-0.3, -0.25) is 9.89 Å². The van der Waals surface area contributed by atoms with Crippen LogP contribution in [-0.4, -0.2) is 22.8 Å². The second kappa shape index (κ2) is 3.25. The monoisotopic (exact) mass is 170 g/mol. The third-order valence-corrected chi connectivity index (χ3v) is 1.45. The second-order valence-corrected chi connectivity index (χ2v) is 2.30. The van der Waals surface area contributed by atoms with Crippen LogP contribution < -0.4 is 5.56 Å². The molecule has 0 aliphatic heterocycles. The van der Waals surface area contributed by atoms with E-state index in [9.17, 15) is 9.59 Å². The van der Waals surface area contributed by atoms with Crippen LogP contribution in [0.15, 0.2) is 4.79 Å². The van der Waals surface area contributed by atoms with Gasteiger partial charge in [-0.15, -0.1) is 0 Å². The molecule has 0 unspecified atom stereocenters. The van der Waals surface area contributed by atoms with Crippen molar-refractivity contribution in [3.05, 3.63) is 21.6 Å². The molecule has 0 fully saturated rings. The van der Waals surface area contributed by atoms with Crippen LogP contribution in [0.1, 0.15) is 23.0 Å². The highest BCUT2D eigenvalue weighted by molar-refractivity contribution is 5.90. The lowest BCUT2D eigenvalue weighted by atomic mass is 10.3. The van der Waals surface area contributed by atoms with E-state index in [-0.39, 0.29) is 12.2 Å². The summed E-state index contributed by atoms with van der Waals surface area (Å²) >= 11 is 0. The summed E-state index contributed by atoms with van der Waals surface area (Å²) in [5.74, 6) is -0.586. The Morgan fingerprint density at radius 3 is 2.58 bits per heavy atom. The average Bonchev–Trinajstić information content (AvgIpc) is 2.32. The molecule has 5 heteroatoms. The number of nitrogens with one attached hydrogen (secondary N) is 2. The van der Waals surface area contributed by atoms with Crippen molar-refractivity contribution < 1.29 is 9.53 Å². The minimum absolute atomic E-state index is 0.0526. The summed E-state index contributed by atoms with van der Waals surface area (Å²) in [6.45, 7) is 3.58. The van der Waals surface area contributed by atoms with Crippen molar-refractivity contribution in [1.82, 2.24) is 10.2 Å². The molecule has 0 saturated heterocycles. The number of carbonyl (C=O) groups excluding carboxylic acids is 1. The molecule has 0 aliphatic carbocycles. The zero-order valence-electron chi connectivity index (χ0n) is 6.93. The highest BCUT2D eigenvalue weighted by Gasteiger charge is 2.15. The average molecular weight is 170 g/mol. The summed E-state index contributed by atoms with van der Waals surface area (Å²) in [7, 11) is 0. The molecule has 0 aliphatic rings. The minimum atomic E-state index is -0.586. The third-order valence-electron chi connectivity index (χ3n) is 1.45. The molecular formula is C7H10N2O3. The summed E-state index contributed by atoms with van der Waals surface area (Å²) in [6.07, 6.45) is 0. The van der Waals surface area contributed by atoms with Gasteiger partial charge in [-0.1, -0.05) is 0 Å². The molecule has 1 aromatic heterocycles. The van der Waals surface area contributed by atoms with Crippen molar-refractivity contribution in [1.29, 1.82) is 0 Å². The van der Waals surface area contributed by atoms with Gasteiger partial charge in [-0.05, 0) is 13.8 Å². The molecule has 2 N–H and O–H groups in total. The number of rotatable bonds is 2. The van der Waals surface area contributed by atoms with Crippen LogP contribution >= 0.6 is 0 Å². The molecule has 0 spiro atoms. The van der Waals surface area contributed by atoms with Gasteiger partial charge in [0.15, 0.2) is 0 Å². The van der Waals surface area contributed by atoms with Gasteiger partial charge in [-0.2, -0.15) is 0 Å². The van der Waals surface area contributed by atoms with E-state index in [2.05, 4.69) is 14.9 Å². The number of ether oxygens (including phenoxy) is 1. The maximum atomic E-state index is 11.1. The normalized spacial score (nSPS) is 9.83. The largest absolute Gasteiger partial charge is 0.462 e. The molecule has 0 bridgehead atoms. The molecule has 5 nitrogen and oxygen atoms in total. The van der Waals surface area contributed by atoms with Crippen molar-refractivity contribution >= 4 is 5.97 Å². The fourth-order valence-electron chi connectivity index (χ4n) is 0.895. The van der Waals surface area contributed by atoms with Crippen molar-refractivity contribution in [3.8, 4) is 0 Å². The van der Waals surface area contributed by atoms with Crippen molar-refractivity contribution in [2.75, 3.05) is 6.61 Å². The lowest BCUT2D eigenvalue weighted by Gasteiger charge is -1.97. The molecule has 12 heavy (non-hydrogen) atoms. The van der Waals surface area contributed by atoms with Crippen LogP contribution in [0, 0.1) is 6.92 Å². The van der Waals surface area contributed by atoms with Crippen LogP contribution in [0.3, 0.4) is 0 Å². The molecule has 0 saturated carbocycles. The van der Waals surface area contributed by atoms with E-state index in [1.807, 2.05) is 0 Å². The zero-order valence-corrected chi connectivity index (χ0v) is 6.93. The van der Waals surface area contributed by atoms with E-state index in [0.717, 1.165) is 0 Å². The topological polar surface area (TPSA) is 75.0 Å². The fraction of sp³-hybridized carbons (Fsp3) is 0.429. The highest BCUT2D eigenvalue weighted by Crippen LogP contribution is 1.98. The first kappa shape index (κ1) is 8.58. The number of hydrogen-bond acceptors (Lipinski definition) is 3. The van der Waals surface area contributed by atoms with Crippen LogP contribution in [0.5, 0.6) is 0 Å². The molecule has 1 heterocycles. The van der Waals surface area contributed by atoms with E-state index in [4.69, 9.17) is 0 Å². The Balaban J connectivity index is 3.01. The van der Waals surface area contributed by atoms with Gasteiger partial charge >= 0.3 is 5.97 Å². The lowest BCUT2D eigenvalue weighted by molar-refractivity contribution is 0.0524. The number of aryl methyl sites for hydroxylation is 1. The lowest BCUT2D eigenvalue weighted by Crippen LogP contribution is -2.15. The summed E-state index contributed by atoms with van der Waals surface area (Å²) in [5.41, 5.74) is 0.112. The van der Waals surface area contributed by atoms with Crippen LogP contribution in [0.25, 0.3) is 0 Å². The standard InChI is InChI=1S/C7H10N2O3/c1-3-12-7(11)5-4(2)8-9-6(5)10/h3H2,1-2H3,(H2,8,9,10). The first-order chi connectivity index (χ1) is 5.66. The number of H-pyrrole nitrogens is 2. The number of aromatic amines is 2. The highest BCUT2D eigenvalue weighted by atomic mass is 16.5. The van der Waals surface area contributed by atoms with E-state index >= 15 is 0 Å². The molecule has 0 atom stereocenters. The van der Waals surface area contributed by atoms with Crippen LogP contribution in [-0.2, 0) is 4.74 Å². The van der Waals surface area contributed by atoms with Gasteiger partial charge in [0.25, 0.3) is 5.56 Å². The third kappa shape index (κ3) is 1.39. The zero-order chi connectivity index (χ0) is 9.14. The Hall–Kier alpha value is -1.52. The molecule has 1 aromatic rings. The molecule has 0 radical (unpaired) electrons. The molecule has 0 amide bonds. The predicted molar refractivity (Wildman–Crippen MR) is 42.1 cm³/mol. The maximum Gasteiger partial charge on any atom is 0.345 e. The quantitative estimate of drug-likeness (QED) is 0.622. The second-order valence-electron chi connectivity index (χ2n) is 2.30. The molecule has 66 valence electrons. The smallest absolute Gasteiger partial charge is 0.345 e. The SMILES string of the molecule is CCOC(=O)c1c(C)[nH][nH]c1=O. The summed E-state index contributed by atoms with van der Waals surface area (Å²) in [4.78, 5) is 22.1. The van der Waals surface area contributed by atoms with Crippen LogP contribution in [0.4, 0.5) is 0 Å². The van der Waals surface area contributed by atoms with Gasteiger partial charge in [0.2, 0.25) is 0 Å². The van der Waals surface area contributed by atoms with E-state index in [1.54, 1.807) is 13.8 Å². The van der Waals surface area contributed by atoms with E-state index in [1.165, 1.54) is 0 Å². The van der Waals surface area contributed by atoms with Gasteiger partial charge in [0.1, 0.15) is 5.56 Å². The fourth-order valence-corrected chi connectivity index (χ4v) is 0.895. The Morgan fingerprint density at radius 2 is 2.17 bits per heavy atom. The Kier molecular flexibility index (Phi) is 2.32. The van der Waals surface area contributed by atoms with Gasteiger partial charge in [0.05, 0.1) is 6.61 Å². The van der Waals surface area contributed by atoms with Crippen LogP contribution in [0.2, 0.25) is 0 Å². The van der Waals surface area contributed by atoms with Crippen molar-refractivity contribution in [2.45, 2.75) is 13.8 Å². The van der Waals surface area contributed by atoms with Gasteiger partial charge in [-0.25, -0.2) is 4.79 Å². The number of carbonyl (C=O) groups is 1. The summed E-state index contributed by atoms with van der Waals surface area (Å²) < 4.78 is 4.67. The molecule has 1 rings (SSSR count). The first-order valence-electron chi connectivity index (χ1n) is 3.61. The Bertz CT molecular complexity index is 337. The Morgan fingerprint density at radius 1 is 1.50 bits per heavy atom. The number of esters is 1.